The fraction of sp³-hybridized carbons (Fsp3) is 0.294. The normalized spacial score (nSPS) is 18.3. The summed E-state index contributed by atoms with van der Waals surface area (Å²) in [4.78, 5) is 53.1. The molecule has 124 valence electrons. The van der Waals surface area contributed by atoms with Crippen molar-refractivity contribution in [2.45, 2.75) is 19.9 Å². The molecule has 3 rings (SSSR count). The predicted molar refractivity (Wildman–Crippen MR) is 86.9 cm³/mol. The fourth-order valence-electron chi connectivity index (χ4n) is 3.03. The molecule has 7 nitrogen and oxygen atoms in total. The van der Waals surface area contributed by atoms with Crippen LogP contribution < -0.4 is 4.90 Å². The Morgan fingerprint density at radius 2 is 1.33 bits per heavy atom. The number of barbiturate groups is 1. The molecule has 0 aliphatic carbocycles. The number of anilines is 1. The molecule has 1 fully saturated rings. The Morgan fingerprint density at radius 1 is 0.792 bits per heavy atom. The van der Waals surface area contributed by atoms with Gasteiger partial charge in [-0.05, 0) is 19.9 Å². The average molecular weight is 327 g/mol. The maximum Gasteiger partial charge on any atom is 0.333 e. The molecule has 1 aromatic carbocycles. The molecule has 0 N–H and O–H groups in total. The van der Waals surface area contributed by atoms with Gasteiger partial charge in [0.2, 0.25) is 0 Å². The van der Waals surface area contributed by atoms with E-state index >= 15 is 0 Å². The lowest BCUT2D eigenvalue weighted by Gasteiger charge is -2.29. The Kier molecular flexibility index (Phi) is 3.51. The summed E-state index contributed by atoms with van der Waals surface area (Å²) < 4.78 is 0. The van der Waals surface area contributed by atoms with Crippen LogP contribution >= 0.6 is 0 Å². The number of para-hydroxylation sites is 1. The molecular weight excluding hydrogens is 310 g/mol. The summed E-state index contributed by atoms with van der Waals surface area (Å²) in [6, 6.07) is 6.16. The van der Waals surface area contributed by atoms with Gasteiger partial charge in [0.25, 0.3) is 17.7 Å². The molecule has 5 amide bonds. The molecule has 0 bridgehead atoms. The number of carbonyl (C=O) groups is 4. The van der Waals surface area contributed by atoms with E-state index in [0.717, 1.165) is 9.80 Å². The number of carbonyl (C=O) groups excluding carboxylic acids is 4. The second-order valence-electron chi connectivity index (χ2n) is 6.05. The minimum atomic E-state index is -0.758. The minimum Gasteiger partial charge on any atom is -0.305 e. The molecule has 2 aliphatic heterocycles. The highest BCUT2D eigenvalue weighted by atomic mass is 16.2. The van der Waals surface area contributed by atoms with Gasteiger partial charge >= 0.3 is 6.03 Å². The largest absolute Gasteiger partial charge is 0.333 e. The van der Waals surface area contributed by atoms with Gasteiger partial charge in [0.15, 0.2) is 0 Å². The summed E-state index contributed by atoms with van der Waals surface area (Å²) in [6.45, 7) is 3.71. The Morgan fingerprint density at radius 3 is 1.88 bits per heavy atom. The zero-order valence-electron chi connectivity index (χ0n) is 13.9. The van der Waals surface area contributed by atoms with E-state index in [1.807, 2.05) is 13.8 Å². The second kappa shape index (κ2) is 5.30. The highest BCUT2D eigenvalue weighted by Gasteiger charge is 2.45. The van der Waals surface area contributed by atoms with Gasteiger partial charge in [0.05, 0.1) is 11.3 Å². The molecular formula is C17H17N3O4. The highest BCUT2D eigenvalue weighted by Crippen LogP contribution is 2.40. The number of rotatable bonds is 1. The number of amides is 5. The monoisotopic (exact) mass is 327 g/mol. The minimum absolute atomic E-state index is 0.0560. The third-order valence-electron chi connectivity index (χ3n) is 4.24. The maximum atomic E-state index is 12.9. The lowest BCUT2D eigenvalue weighted by molar-refractivity contribution is -0.134. The van der Waals surface area contributed by atoms with Crippen LogP contribution in [-0.2, 0) is 14.4 Å². The SMILES string of the molecule is CC(C)N1C(=O)C(=C2C(=O)N(C)C(=O)N(C)C2=O)c2ccccc21. The molecule has 2 heterocycles. The van der Waals surface area contributed by atoms with E-state index in [2.05, 4.69) is 0 Å². The van der Waals surface area contributed by atoms with Gasteiger partial charge in [-0.15, -0.1) is 0 Å². The van der Waals surface area contributed by atoms with Crippen molar-refractivity contribution >= 4 is 35.0 Å². The Bertz CT molecular complexity index is 799. The van der Waals surface area contributed by atoms with Crippen molar-refractivity contribution in [2.75, 3.05) is 19.0 Å². The fourth-order valence-corrected chi connectivity index (χ4v) is 3.03. The van der Waals surface area contributed by atoms with Gasteiger partial charge < -0.3 is 4.90 Å². The average Bonchev–Trinajstić information content (AvgIpc) is 2.84. The number of likely N-dealkylation sites (N-methyl/N-ethyl adjacent to an activating group) is 2. The second-order valence-corrected chi connectivity index (χ2v) is 6.05. The van der Waals surface area contributed by atoms with Crippen molar-refractivity contribution in [3.63, 3.8) is 0 Å². The van der Waals surface area contributed by atoms with E-state index in [4.69, 9.17) is 0 Å². The first kappa shape index (κ1) is 15.9. The van der Waals surface area contributed by atoms with E-state index in [1.165, 1.54) is 14.1 Å². The Hall–Kier alpha value is -2.96. The van der Waals surface area contributed by atoms with Crippen LogP contribution in [0.4, 0.5) is 10.5 Å². The van der Waals surface area contributed by atoms with Crippen molar-refractivity contribution in [1.82, 2.24) is 9.80 Å². The van der Waals surface area contributed by atoms with Crippen LogP contribution in [0.1, 0.15) is 19.4 Å². The van der Waals surface area contributed by atoms with Crippen molar-refractivity contribution in [3.8, 4) is 0 Å². The molecule has 0 unspecified atom stereocenters. The zero-order valence-corrected chi connectivity index (χ0v) is 13.9. The van der Waals surface area contributed by atoms with Gasteiger partial charge in [-0.2, -0.15) is 0 Å². The predicted octanol–water partition coefficient (Wildman–Crippen LogP) is 1.25. The van der Waals surface area contributed by atoms with Crippen molar-refractivity contribution in [1.29, 1.82) is 0 Å². The molecule has 0 atom stereocenters. The number of hydrogen-bond acceptors (Lipinski definition) is 4. The van der Waals surface area contributed by atoms with Crippen LogP contribution in [0.3, 0.4) is 0 Å². The first-order valence-electron chi connectivity index (χ1n) is 7.54. The van der Waals surface area contributed by atoms with E-state index in [1.54, 1.807) is 29.2 Å². The summed E-state index contributed by atoms with van der Waals surface area (Å²) in [5, 5.41) is 0. The van der Waals surface area contributed by atoms with Crippen LogP contribution in [0, 0.1) is 0 Å². The first-order chi connectivity index (χ1) is 11.3. The summed E-state index contributed by atoms with van der Waals surface area (Å²) in [5.74, 6) is -1.92. The number of imide groups is 2. The molecule has 1 aromatic rings. The van der Waals surface area contributed by atoms with Crippen LogP contribution in [0.5, 0.6) is 0 Å². The zero-order chi connectivity index (χ0) is 17.8. The van der Waals surface area contributed by atoms with E-state index < -0.39 is 23.8 Å². The van der Waals surface area contributed by atoms with Gasteiger partial charge in [-0.1, -0.05) is 18.2 Å². The molecule has 0 aromatic heterocycles. The van der Waals surface area contributed by atoms with E-state index in [-0.39, 0.29) is 17.2 Å². The van der Waals surface area contributed by atoms with Gasteiger partial charge in [-0.3, -0.25) is 24.2 Å². The quantitative estimate of drug-likeness (QED) is 0.574. The third kappa shape index (κ3) is 1.97. The maximum absolute atomic E-state index is 12.9. The molecule has 0 radical (unpaired) electrons. The molecule has 0 spiro atoms. The van der Waals surface area contributed by atoms with Crippen molar-refractivity contribution in [2.24, 2.45) is 0 Å². The molecule has 1 saturated heterocycles. The third-order valence-corrected chi connectivity index (χ3v) is 4.24. The molecule has 7 heteroatoms. The number of fused-ring (bicyclic) bond motifs is 1. The van der Waals surface area contributed by atoms with E-state index in [9.17, 15) is 19.2 Å². The Balaban J connectivity index is 2.29. The standard InChI is InChI=1S/C17H17N3O4/c1-9(2)20-11-8-6-5-7-10(11)12(16(20)23)13-14(21)18(3)17(24)19(4)15(13)22/h5-9H,1-4H3. The number of benzene rings is 1. The van der Waals surface area contributed by atoms with Gasteiger partial charge in [0, 0.05) is 25.7 Å². The number of hydrogen-bond donors (Lipinski definition) is 0. The Labute approximate surface area is 139 Å². The summed E-state index contributed by atoms with van der Waals surface area (Å²) in [5.41, 5.74) is 0.979. The topological polar surface area (TPSA) is 78.0 Å². The molecule has 24 heavy (non-hydrogen) atoms. The van der Waals surface area contributed by atoms with Crippen LogP contribution in [0.15, 0.2) is 29.8 Å². The summed E-state index contributed by atoms with van der Waals surface area (Å²) >= 11 is 0. The molecule has 2 aliphatic rings. The first-order valence-corrected chi connectivity index (χ1v) is 7.54. The van der Waals surface area contributed by atoms with Gasteiger partial charge in [0.1, 0.15) is 5.57 Å². The highest BCUT2D eigenvalue weighted by molar-refractivity contribution is 6.44. The lowest BCUT2D eigenvalue weighted by atomic mass is 9.98. The molecule has 0 saturated carbocycles. The smallest absolute Gasteiger partial charge is 0.305 e. The van der Waals surface area contributed by atoms with Crippen LogP contribution in [-0.4, -0.2) is 53.7 Å². The van der Waals surface area contributed by atoms with Gasteiger partial charge in [-0.25, -0.2) is 4.79 Å². The van der Waals surface area contributed by atoms with Crippen molar-refractivity contribution in [3.05, 3.63) is 35.4 Å². The van der Waals surface area contributed by atoms with Crippen molar-refractivity contribution < 1.29 is 19.2 Å². The van der Waals surface area contributed by atoms with Crippen LogP contribution in [0.25, 0.3) is 5.57 Å². The number of nitrogens with zero attached hydrogens (tertiary/aromatic N) is 3. The summed E-state index contributed by atoms with van der Waals surface area (Å²) in [7, 11) is 2.58. The summed E-state index contributed by atoms with van der Waals surface area (Å²) in [6.07, 6.45) is 0. The van der Waals surface area contributed by atoms with E-state index in [0.29, 0.717) is 11.3 Å². The lowest BCUT2D eigenvalue weighted by Crippen LogP contribution is -2.53. The van der Waals surface area contributed by atoms with Crippen LogP contribution in [0.2, 0.25) is 0 Å². The number of urea groups is 1.